The van der Waals surface area contributed by atoms with Crippen LogP contribution in [0.1, 0.15) is 42.6 Å². The van der Waals surface area contributed by atoms with E-state index >= 15 is 0 Å². The highest BCUT2D eigenvalue weighted by Crippen LogP contribution is 2.26. The third-order valence-corrected chi connectivity index (χ3v) is 5.63. The number of carbonyl (C=O) groups excluding carboxylic acids is 1. The fourth-order valence-corrected chi connectivity index (χ4v) is 3.92. The molecule has 0 radical (unpaired) electrons. The Balaban J connectivity index is 1.46. The van der Waals surface area contributed by atoms with Gasteiger partial charge in [0, 0.05) is 23.1 Å². The molecule has 0 unspecified atom stereocenters. The van der Waals surface area contributed by atoms with Crippen molar-refractivity contribution in [3.8, 4) is 11.3 Å². The van der Waals surface area contributed by atoms with Crippen LogP contribution in [0, 0.1) is 0 Å². The zero-order valence-corrected chi connectivity index (χ0v) is 17.4. The van der Waals surface area contributed by atoms with Crippen molar-refractivity contribution in [3.05, 3.63) is 59.0 Å². The number of benzene rings is 2. The molecule has 0 saturated carbocycles. The van der Waals surface area contributed by atoms with E-state index in [4.69, 9.17) is 0 Å². The summed E-state index contributed by atoms with van der Waals surface area (Å²) in [6, 6.07) is 13.9. The van der Waals surface area contributed by atoms with Crippen molar-refractivity contribution in [3.63, 3.8) is 0 Å². The first-order valence-corrected chi connectivity index (χ1v) is 10.8. The van der Waals surface area contributed by atoms with Gasteiger partial charge < -0.3 is 0 Å². The third-order valence-electron chi connectivity index (χ3n) is 4.87. The van der Waals surface area contributed by atoms with Crippen molar-refractivity contribution in [2.24, 2.45) is 0 Å². The number of nitrogens with zero attached hydrogens (tertiary/aromatic N) is 4. The summed E-state index contributed by atoms with van der Waals surface area (Å²) in [5.41, 5.74) is 5.44. The lowest BCUT2D eigenvalue weighted by Gasteiger charge is -2.03. The van der Waals surface area contributed by atoms with Crippen molar-refractivity contribution >= 4 is 33.4 Å². The second-order valence-corrected chi connectivity index (χ2v) is 7.76. The minimum absolute atomic E-state index is 0.200. The van der Waals surface area contributed by atoms with E-state index in [0.29, 0.717) is 16.2 Å². The molecule has 0 aliphatic carbocycles. The largest absolute Gasteiger partial charge is 0.298 e. The molecule has 2 aromatic heterocycles. The maximum atomic E-state index is 12.6. The van der Waals surface area contributed by atoms with Crippen LogP contribution in [0.2, 0.25) is 0 Å². The number of unbranched alkanes of at least 4 members (excludes halogenated alkanes) is 1. The van der Waals surface area contributed by atoms with Crippen LogP contribution in [0.3, 0.4) is 0 Å². The van der Waals surface area contributed by atoms with E-state index < -0.39 is 0 Å². The third kappa shape index (κ3) is 4.19. The molecule has 0 aliphatic heterocycles. The monoisotopic (exact) mass is 405 g/mol. The first kappa shape index (κ1) is 19.3. The maximum Gasteiger partial charge on any atom is 0.257 e. The number of rotatable bonds is 7. The highest BCUT2D eigenvalue weighted by atomic mass is 32.1. The molecular weight excluding hydrogens is 382 g/mol. The number of amides is 1. The Kier molecular flexibility index (Phi) is 5.67. The summed E-state index contributed by atoms with van der Waals surface area (Å²) in [4.78, 5) is 17.2. The molecule has 29 heavy (non-hydrogen) atoms. The molecule has 1 N–H and O–H groups in total. The molecule has 0 atom stereocenters. The molecule has 6 nitrogen and oxygen atoms in total. The first-order valence-electron chi connectivity index (χ1n) is 9.87. The van der Waals surface area contributed by atoms with Gasteiger partial charge in [-0.2, -0.15) is 0 Å². The number of aryl methyl sites for hydroxylation is 2. The van der Waals surface area contributed by atoms with E-state index in [2.05, 4.69) is 51.8 Å². The molecule has 1 amide bonds. The lowest BCUT2D eigenvalue weighted by atomic mass is 10.1. The number of thiazole rings is 1. The van der Waals surface area contributed by atoms with Crippen molar-refractivity contribution in [1.29, 1.82) is 0 Å². The summed E-state index contributed by atoms with van der Waals surface area (Å²) < 4.78 is 1.80. The van der Waals surface area contributed by atoms with Crippen LogP contribution in [0.4, 0.5) is 5.13 Å². The van der Waals surface area contributed by atoms with Crippen LogP contribution in [0.5, 0.6) is 0 Å². The van der Waals surface area contributed by atoms with Crippen LogP contribution in [-0.4, -0.2) is 25.9 Å². The van der Waals surface area contributed by atoms with Crippen molar-refractivity contribution in [2.75, 3.05) is 5.32 Å². The SMILES string of the molecule is CCCCc1ccc(-c2csc(NC(=O)c3ccc4c(c3)nnn4CC)n2)cc1. The van der Waals surface area contributed by atoms with Crippen LogP contribution >= 0.6 is 11.3 Å². The van der Waals surface area contributed by atoms with Gasteiger partial charge in [-0.1, -0.05) is 42.8 Å². The summed E-state index contributed by atoms with van der Waals surface area (Å²) in [5, 5.41) is 13.6. The average Bonchev–Trinajstić information content (AvgIpc) is 3.38. The topological polar surface area (TPSA) is 72.7 Å². The second-order valence-electron chi connectivity index (χ2n) is 6.90. The molecule has 7 heteroatoms. The van der Waals surface area contributed by atoms with Gasteiger partial charge in [0.1, 0.15) is 5.52 Å². The van der Waals surface area contributed by atoms with E-state index in [1.807, 2.05) is 18.4 Å². The van der Waals surface area contributed by atoms with Crippen molar-refractivity contribution in [2.45, 2.75) is 39.7 Å². The average molecular weight is 406 g/mol. The Labute approximate surface area is 173 Å². The molecule has 0 aliphatic rings. The Bertz CT molecular complexity index is 1130. The van der Waals surface area contributed by atoms with Crippen LogP contribution in [-0.2, 0) is 13.0 Å². The molecule has 0 spiro atoms. The standard InChI is InChI=1S/C22H23N5OS/c1-3-5-6-15-7-9-16(10-8-15)19-14-29-22(23-19)24-21(28)17-11-12-20-18(13-17)25-26-27(20)4-2/h7-14H,3-6H2,1-2H3,(H,23,24,28). The van der Waals surface area contributed by atoms with Gasteiger partial charge in [0.05, 0.1) is 11.2 Å². The fraction of sp³-hybridized carbons (Fsp3) is 0.273. The Hall–Kier alpha value is -3.06. The van der Waals surface area contributed by atoms with Gasteiger partial charge in [-0.05, 0) is 43.5 Å². The van der Waals surface area contributed by atoms with Gasteiger partial charge in [0.25, 0.3) is 5.91 Å². The zero-order chi connectivity index (χ0) is 20.2. The molecule has 2 aromatic carbocycles. The number of carbonyl (C=O) groups is 1. The second kappa shape index (κ2) is 8.53. The smallest absolute Gasteiger partial charge is 0.257 e. The minimum Gasteiger partial charge on any atom is -0.298 e. The molecule has 148 valence electrons. The van der Waals surface area contributed by atoms with Gasteiger partial charge in [-0.15, -0.1) is 16.4 Å². The Morgan fingerprint density at radius 2 is 1.97 bits per heavy atom. The number of fused-ring (bicyclic) bond motifs is 1. The predicted molar refractivity (Wildman–Crippen MR) is 117 cm³/mol. The highest BCUT2D eigenvalue weighted by molar-refractivity contribution is 7.14. The van der Waals surface area contributed by atoms with Gasteiger partial charge in [-0.25, -0.2) is 9.67 Å². The fourth-order valence-electron chi connectivity index (χ4n) is 3.20. The molecular formula is C22H23N5OS. The zero-order valence-electron chi connectivity index (χ0n) is 16.6. The summed E-state index contributed by atoms with van der Waals surface area (Å²) in [6.07, 6.45) is 3.50. The van der Waals surface area contributed by atoms with E-state index in [1.165, 1.54) is 29.7 Å². The molecule has 0 fully saturated rings. The number of anilines is 1. The van der Waals surface area contributed by atoms with E-state index in [-0.39, 0.29) is 5.91 Å². The van der Waals surface area contributed by atoms with E-state index in [1.54, 1.807) is 16.8 Å². The molecule has 2 heterocycles. The first-order chi connectivity index (χ1) is 14.2. The number of hydrogen-bond donors (Lipinski definition) is 1. The molecule has 0 saturated heterocycles. The van der Waals surface area contributed by atoms with Crippen molar-refractivity contribution < 1.29 is 4.79 Å². The quantitative estimate of drug-likeness (QED) is 0.460. The molecule has 4 aromatic rings. The summed E-state index contributed by atoms with van der Waals surface area (Å²) in [6.45, 7) is 4.95. The lowest BCUT2D eigenvalue weighted by molar-refractivity contribution is 0.102. The van der Waals surface area contributed by atoms with Crippen LogP contribution in [0.15, 0.2) is 47.8 Å². The normalized spacial score (nSPS) is 11.1. The summed E-state index contributed by atoms with van der Waals surface area (Å²) in [5.74, 6) is -0.200. The Morgan fingerprint density at radius 1 is 1.14 bits per heavy atom. The highest BCUT2D eigenvalue weighted by Gasteiger charge is 2.12. The van der Waals surface area contributed by atoms with E-state index in [0.717, 1.165) is 29.7 Å². The summed E-state index contributed by atoms with van der Waals surface area (Å²) >= 11 is 1.42. The maximum absolute atomic E-state index is 12.6. The Morgan fingerprint density at radius 3 is 2.72 bits per heavy atom. The number of hydrogen-bond acceptors (Lipinski definition) is 5. The van der Waals surface area contributed by atoms with Gasteiger partial charge in [-0.3, -0.25) is 10.1 Å². The van der Waals surface area contributed by atoms with E-state index in [9.17, 15) is 4.79 Å². The molecule has 4 rings (SSSR count). The van der Waals surface area contributed by atoms with Crippen molar-refractivity contribution in [1.82, 2.24) is 20.0 Å². The van der Waals surface area contributed by atoms with Crippen LogP contribution in [0.25, 0.3) is 22.3 Å². The number of nitrogens with one attached hydrogen (secondary N) is 1. The number of aromatic nitrogens is 4. The van der Waals surface area contributed by atoms with Crippen LogP contribution < -0.4 is 5.32 Å². The van der Waals surface area contributed by atoms with Gasteiger partial charge in [0.2, 0.25) is 0 Å². The predicted octanol–water partition coefficient (Wildman–Crippen LogP) is 5.17. The minimum atomic E-state index is -0.200. The van der Waals surface area contributed by atoms with Gasteiger partial charge in [0.15, 0.2) is 5.13 Å². The summed E-state index contributed by atoms with van der Waals surface area (Å²) in [7, 11) is 0. The molecule has 0 bridgehead atoms. The lowest BCUT2D eigenvalue weighted by Crippen LogP contribution is -2.11. The van der Waals surface area contributed by atoms with Gasteiger partial charge >= 0.3 is 0 Å².